The van der Waals surface area contributed by atoms with Gasteiger partial charge in [-0.3, -0.25) is 14.5 Å². The van der Waals surface area contributed by atoms with E-state index in [4.69, 9.17) is 0 Å². The largest absolute Gasteiger partial charge is 0.373 e. The summed E-state index contributed by atoms with van der Waals surface area (Å²) >= 11 is 0. The van der Waals surface area contributed by atoms with Crippen LogP contribution in [0.3, 0.4) is 0 Å². The van der Waals surface area contributed by atoms with Crippen molar-refractivity contribution in [2.75, 3.05) is 5.32 Å². The van der Waals surface area contributed by atoms with Gasteiger partial charge in [0.15, 0.2) is 0 Å². The maximum Gasteiger partial charge on any atom is 0.252 e. The van der Waals surface area contributed by atoms with E-state index in [1.54, 1.807) is 0 Å². The first kappa shape index (κ1) is 15.5. The predicted octanol–water partition coefficient (Wildman–Crippen LogP) is 2.98. The fraction of sp³-hybridized carbons (Fsp3) is 0.529. The lowest BCUT2D eigenvalue weighted by atomic mass is 10.1. The van der Waals surface area contributed by atoms with Crippen LogP contribution >= 0.6 is 0 Å². The fourth-order valence-corrected chi connectivity index (χ4v) is 2.67. The summed E-state index contributed by atoms with van der Waals surface area (Å²) in [6.07, 6.45) is 3.21. The SMILES string of the molecule is CCCc1ccc(NC2CC(=O)N(C(C)CC)C2=O)cc1. The minimum atomic E-state index is -0.427. The van der Waals surface area contributed by atoms with Crippen molar-refractivity contribution in [2.45, 2.75) is 58.5 Å². The van der Waals surface area contributed by atoms with E-state index >= 15 is 0 Å². The van der Waals surface area contributed by atoms with Gasteiger partial charge in [-0.15, -0.1) is 0 Å². The number of likely N-dealkylation sites (tertiary alicyclic amines) is 1. The Balaban J connectivity index is 2.03. The molecule has 4 heteroatoms. The van der Waals surface area contributed by atoms with Gasteiger partial charge in [0.2, 0.25) is 5.91 Å². The van der Waals surface area contributed by atoms with E-state index in [1.807, 2.05) is 26.0 Å². The standard InChI is InChI=1S/C17H24N2O2/c1-4-6-13-7-9-14(10-8-13)18-15-11-16(20)19(17(15)21)12(3)5-2/h7-10,12,15,18H,4-6,11H2,1-3H3. The third-order valence-corrected chi connectivity index (χ3v) is 4.05. The number of imide groups is 1. The fourth-order valence-electron chi connectivity index (χ4n) is 2.67. The van der Waals surface area contributed by atoms with Gasteiger partial charge in [-0.05, 0) is 37.5 Å². The second-order valence-corrected chi connectivity index (χ2v) is 5.71. The maximum atomic E-state index is 12.3. The van der Waals surface area contributed by atoms with Crippen LogP contribution in [0, 0.1) is 0 Å². The zero-order valence-corrected chi connectivity index (χ0v) is 13.1. The van der Waals surface area contributed by atoms with Gasteiger partial charge in [-0.2, -0.15) is 0 Å². The number of carbonyl (C=O) groups excluding carboxylic acids is 2. The molecule has 2 atom stereocenters. The van der Waals surface area contributed by atoms with Crippen molar-refractivity contribution in [1.29, 1.82) is 0 Å². The van der Waals surface area contributed by atoms with E-state index in [0.29, 0.717) is 0 Å². The first-order chi connectivity index (χ1) is 10.1. The Labute approximate surface area is 126 Å². The van der Waals surface area contributed by atoms with Gasteiger partial charge in [0.25, 0.3) is 5.91 Å². The van der Waals surface area contributed by atoms with Crippen LogP contribution < -0.4 is 5.32 Å². The highest BCUT2D eigenvalue weighted by Crippen LogP contribution is 2.22. The molecule has 1 N–H and O–H groups in total. The minimum Gasteiger partial charge on any atom is -0.373 e. The van der Waals surface area contributed by atoms with Crippen molar-refractivity contribution in [3.8, 4) is 0 Å². The summed E-state index contributed by atoms with van der Waals surface area (Å²) in [5.74, 6) is -0.179. The molecule has 2 rings (SSSR count). The van der Waals surface area contributed by atoms with E-state index in [0.717, 1.165) is 24.9 Å². The number of carbonyl (C=O) groups is 2. The molecule has 1 aliphatic heterocycles. The number of hydrogen-bond donors (Lipinski definition) is 1. The highest BCUT2D eigenvalue weighted by atomic mass is 16.2. The van der Waals surface area contributed by atoms with E-state index in [1.165, 1.54) is 10.5 Å². The molecule has 1 saturated heterocycles. The van der Waals surface area contributed by atoms with Gasteiger partial charge in [0.05, 0.1) is 6.42 Å². The minimum absolute atomic E-state index is 0.0243. The molecule has 2 unspecified atom stereocenters. The lowest BCUT2D eigenvalue weighted by molar-refractivity contribution is -0.140. The topological polar surface area (TPSA) is 49.4 Å². The van der Waals surface area contributed by atoms with Crippen molar-refractivity contribution in [1.82, 2.24) is 4.90 Å². The number of aryl methyl sites for hydroxylation is 1. The molecule has 0 radical (unpaired) electrons. The smallest absolute Gasteiger partial charge is 0.252 e. The summed E-state index contributed by atoms with van der Waals surface area (Å²) in [6.45, 7) is 6.05. The molecular weight excluding hydrogens is 264 g/mol. The number of nitrogens with one attached hydrogen (secondary N) is 1. The number of amides is 2. The molecule has 21 heavy (non-hydrogen) atoms. The van der Waals surface area contributed by atoms with Crippen LogP contribution in [-0.4, -0.2) is 28.8 Å². The van der Waals surface area contributed by atoms with E-state index in [-0.39, 0.29) is 24.3 Å². The number of benzene rings is 1. The molecule has 1 aromatic carbocycles. The Morgan fingerprint density at radius 1 is 1.24 bits per heavy atom. The van der Waals surface area contributed by atoms with E-state index < -0.39 is 6.04 Å². The quantitative estimate of drug-likeness (QED) is 0.819. The van der Waals surface area contributed by atoms with Gasteiger partial charge in [-0.25, -0.2) is 0 Å². The molecule has 1 heterocycles. The average molecular weight is 288 g/mol. The Morgan fingerprint density at radius 2 is 1.90 bits per heavy atom. The number of anilines is 1. The summed E-state index contributed by atoms with van der Waals surface area (Å²) in [5.41, 5.74) is 2.19. The van der Waals surface area contributed by atoms with Crippen LogP contribution in [-0.2, 0) is 16.0 Å². The molecule has 0 aromatic heterocycles. The Hall–Kier alpha value is -1.84. The maximum absolute atomic E-state index is 12.3. The molecule has 0 aliphatic carbocycles. The van der Waals surface area contributed by atoms with Gasteiger partial charge in [0, 0.05) is 11.7 Å². The summed E-state index contributed by atoms with van der Waals surface area (Å²) in [6, 6.07) is 7.65. The van der Waals surface area contributed by atoms with E-state index in [2.05, 4.69) is 24.4 Å². The normalized spacial score (nSPS) is 20.0. The second kappa shape index (κ2) is 6.74. The molecule has 1 aliphatic rings. The third kappa shape index (κ3) is 3.43. The molecule has 4 nitrogen and oxygen atoms in total. The van der Waals surface area contributed by atoms with Crippen LogP contribution in [0.4, 0.5) is 5.69 Å². The molecule has 0 bridgehead atoms. The van der Waals surface area contributed by atoms with Crippen molar-refractivity contribution < 1.29 is 9.59 Å². The third-order valence-electron chi connectivity index (χ3n) is 4.05. The lowest BCUT2D eigenvalue weighted by Crippen LogP contribution is -2.40. The highest BCUT2D eigenvalue weighted by Gasteiger charge is 2.40. The molecule has 0 saturated carbocycles. The summed E-state index contributed by atoms with van der Waals surface area (Å²) in [5, 5.41) is 3.19. The zero-order valence-electron chi connectivity index (χ0n) is 13.1. The zero-order chi connectivity index (χ0) is 15.4. The summed E-state index contributed by atoms with van der Waals surface area (Å²) in [7, 11) is 0. The number of hydrogen-bond acceptors (Lipinski definition) is 3. The van der Waals surface area contributed by atoms with Crippen LogP contribution in [0.15, 0.2) is 24.3 Å². The van der Waals surface area contributed by atoms with Crippen molar-refractivity contribution in [3.63, 3.8) is 0 Å². The average Bonchev–Trinajstić information content (AvgIpc) is 2.75. The van der Waals surface area contributed by atoms with E-state index in [9.17, 15) is 9.59 Å². The van der Waals surface area contributed by atoms with Crippen LogP contribution in [0.2, 0.25) is 0 Å². The van der Waals surface area contributed by atoms with Gasteiger partial charge < -0.3 is 5.32 Å². The Bertz CT molecular complexity index is 510. The van der Waals surface area contributed by atoms with Crippen molar-refractivity contribution >= 4 is 17.5 Å². The molecule has 2 amide bonds. The summed E-state index contributed by atoms with van der Waals surface area (Å²) < 4.78 is 0. The Kier molecular flexibility index (Phi) is 4.99. The molecule has 114 valence electrons. The lowest BCUT2D eigenvalue weighted by Gasteiger charge is -2.21. The van der Waals surface area contributed by atoms with Crippen LogP contribution in [0.5, 0.6) is 0 Å². The number of nitrogens with zero attached hydrogens (tertiary/aromatic N) is 1. The molecule has 1 aromatic rings. The monoisotopic (exact) mass is 288 g/mol. The summed E-state index contributed by atoms with van der Waals surface area (Å²) in [4.78, 5) is 25.7. The van der Waals surface area contributed by atoms with Crippen molar-refractivity contribution in [2.24, 2.45) is 0 Å². The highest BCUT2D eigenvalue weighted by molar-refractivity contribution is 6.07. The van der Waals surface area contributed by atoms with Gasteiger partial charge >= 0.3 is 0 Å². The van der Waals surface area contributed by atoms with Crippen LogP contribution in [0.1, 0.15) is 45.6 Å². The predicted molar refractivity (Wildman–Crippen MR) is 84.1 cm³/mol. The second-order valence-electron chi connectivity index (χ2n) is 5.71. The first-order valence-corrected chi connectivity index (χ1v) is 7.78. The Morgan fingerprint density at radius 3 is 2.48 bits per heavy atom. The number of rotatable bonds is 6. The van der Waals surface area contributed by atoms with Crippen molar-refractivity contribution in [3.05, 3.63) is 29.8 Å². The van der Waals surface area contributed by atoms with Crippen LogP contribution in [0.25, 0.3) is 0 Å². The van der Waals surface area contributed by atoms with Gasteiger partial charge in [-0.1, -0.05) is 32.4 Å². The molecule has 0 spiro atoms. The first-order valence-electron chi connectivity index (χ1n) is 7.78. The molecular formula is C17H24N2O2. The van der Waals surface area contributed by atoms with Gasteiger partial charge in [0.1, 0.15) is 6.04 Å². The molecule has 1 fully saturated rings.